The third-order valence-corrected chi connectivity index (χ3v) is 8.57. The molecule has 1 aromatic rings. The zero-order valence-corrected chi connectivity index (χ0v) is 19.2. The van der Waals surface area contributed by atoms with Crippen LogP contribution in [0.5, 0.6) is 11.5 Å². The van der Waals surface area contributed by atoms with E-state index in [1.54, 1.807) is 0 Å². The third kappa shape index (κ3) is 4.75. The predicted octanol–water partition coefficient (Wildman–Crippen LogP) is 6.09. The Kier molecular flexibility index (Phi) is 6.36. The number of fused-ring (bicyclic) bond motifs is 1. The third-order valence-electron chi connectivity index (χ3n) is 8.57. The van der Waals surface area contributed by atoms with Gasteiger partial charge in [-0.2, -0.15) is 13.2 Å². The maximum Gasteiger partial charge on any atom is 0.401 e. The molecule has 4 nitrogen and oxygen atoms in total. The van der Waals surface area contributed by atoms with Crippen LogP contribution in [0.1, 0.15) is 75.7 Å². The van der Waals surface area contributed by atoms with Crippen molar-refractivity contribution < 1.29 is 27.4 Å². The van der Waals surface area contributed by atoms with Gasteiger partial charge in [0.2, 0.25) is 6.79 Å². The van der Waals surface area contributed by atoms with Gasteiger partial charge >= 0.3 is 6.18 Å². The van der Waals surface area contributed by atoms with Crippen molar-refractivity contribution in [2.24, 2.45) is 17.3 Å². The lowest BCUT2D eigenvalue weighted by atomic mass is 9.77. The summed E-state index contributed by atoms with van der Waals surface area (Å²) in [6.45, 7) is 3.56. The van der Waals surface area contributed by atoms with E-state index in [1.165, 1.54) is 5.56 Å². The molecule has 0 atom stereocenters. The molecular weight excluding hydrogens is 431 g/mol. The van der Waals surface area contributed by atoms with Crippen molar-refractivity contribution >= 4 is 5.78 Å². The molecule has 0 bridgehead atoms. The first kappa shape index (κ1) is 23.0. The normalized spacial score (nSPS) is 27.5. The Morgan fingerprint density at radius 3 is 2.36 bits per heavy atom. The number of piperidine rings is 1. The quantitative estimate of drug-likeness (QED) is 0.488. The average molecular weight is 466 g/mol. The monoisotopic (exact) mass is 465 g/mol. The molecule has 2 aliphatic heterocycles. The van der Waals surface area contributed by atoms with Crippen molar-refractivity contribution in [2.45, 2.75) is 76.3 Å². The van der Waals surface area contributed by atoms with Crippen LogP contribution in [-0.4, -0.2) is 43.3 Å². The van der Waals surface area contributed by atoms with Crippen LogP contribution >= 0.6 is 0 Å². The van der Waals surface area contributed by atoms with Crippen LogP contribution in [0.25, 0.3) is 0 Å². The zero-order chi connectivity index (χ0) is 23.1. The fourth-order valence-corrected chi connectivity index (χ4v) is 6.13. The van der Waals surface area contributed by atoms with Gasteiger partial charge in [0.25, 0.3) is 0 Å². The van der Waals surface area contributed by atoms with Crippen LogP contribution in [0, 0.1) is 17.3 Å². The first-order valence-electron chi connectivity index (χ1n) is 12.6. The summed E-state index contributed by atoms with van der Waals surface area (Å²) in [6, 6.07) is 6.18. The van der Waals surface area contributed by atoms with Crippen molar-refractivity contribution in [1.82, 2.24) is 4.90 Å². The van der Waals surface area contributed by atoms with E-state index in [9.17, 15) is 18.0 Å². The van der Waals surface area contributed by atoms with E-state index in [2.05, 4.69) is 11.0 Å². The minimum Gasteiger partial charge on any atom is -0.454 e. The number of halogens is 3. The van der Waals surface area contributed by atoms with Crippen LogP contribution in [-0.2, 0) is 4.79 Å². The summed E-state index contributed by atoms with van der Waals surface area (Å²) in [5.41, 5.74) is -0.717. The molecule has 1 saturated heterocycles. The van der Waals surface area contributed by atoms with E-state index in [4.69, 9.17) is 9.47 Å². The Bertz CT molecular complexity index is 851. The number of likely N-dealkylation sites (tertiary alicyclic amines) is 1. The zero-order valence-electron chi connectivity index (χ0n) is 19.2. The van der Waals surface area contributed by atoms with Gasteiger partial charge in [-0.25, -0.2) is 0 Å². The molecule has 3 fully saturated rings. The van der Waals surface area contributed by atoms with E-state index >= 15 is 0 Å². The van der Waals surface area contributed by atoms with Crippen molar-refractivity contribution in [2.75, 3.05) is 26.4 Å². The number of hydrogen-bond donors (Lipinski definition) is 0. The van der Waals surface area contributed by atoms with Crippen molar-refractivity contribution in [1.29, 1.82) is 0 Å². The number of carbonyl (C=O) groups is 1. The van der Waals surface area contributed by atoms with Crippen LogP contribution in [0.4, 0.5) is 13.2 Å². The van der Waals surface area contributed by atoms with Gasteiger partial charge in [-0.15, -0.1) is 0 Å². The Morgan fingerprint density at radius 1 is 1.00 bits per heavy atom. The predicted molar refractivity (Wildman–Crippen MR) is 118 cm³/mol. The molecule has 0 unspecified atom stereocenters. The molecule has 4 aliphatic rings. The van der Waals surface area contributed by atoms with Crippen LogP contribution in [0.2, 0.25) is 0 Å². The van der Waals surface area contributed by atoms with E-state index in [0.29, 0.717) is 18.6 Å². The Labute approximate surface area is 193 Å². The number of ketones is 1. The SMILES string of the molecule is O=C(CC1CCC(CCN2CCC(c3cccc4c3OCO4)CC2)CC1)C1(C(F)(F)F)CC1. The van der Waals surface area contributed by atoms with Gasteiger partial charge in [0.1, 0.15) is 11.2 Å². The molecule has 0 amide bonds. The maximum atomic E-state index is 13.2. The highest BCUT2D eigenvalue weighted by atomic mass is 19.4. The minimum absolute atomic E-state index is 0.00504. The molecule has 0 aromatic heterocycles. The fraction of sp³-hybridized carbons (Fsp3) is 0.731. The lowest BCUT2D eigenvalue weighted by Gasteiger charge is -2.34. The fourth-order valence-electron chi connectivity index (χ4n) is 6.13. The average Bonchev–Trinajstić information content (AvgIpc) is 3.51. The first-order valence-corrected chi connectivity index (χ1v) is 12.6. The molecule has 2 heterocycles. The number of para-hydroxylation sites is 1. The van der Waals surface area contributed by atoms with Gasteiger partial charge in [0.15, 0.2) is 11.5 Å². The van der Waals surface area contributed by atoms with Crippen molar-refractivity contribution in [3.8, 4) is 11.5 Å². The van der Waals surface area contributed by atoms with Gasteiger partial charge in [-0.05, 0) is 88.4 Å². The van der Waals surface area contributed by atoms with Gasteiger partial charge < -0.3 is 14.4 Å². The van der Waals surface area contributed by atoms with Crippen LogP contribution < -0.4 is 9.47 Å². The summed E-state index contributed by atoms with van der Waals surface area (Å²) in [5, 5.41) is 0. The van der Waals surface area contributed by atoms with Gasteiger partial charge in [-0.1, -0.05) is 25.0 Å². The molecule has 33 heavy (non-hydrogen) atoms. The van der Waals surface area contributed by atoms with Gasteiger partial charge in [0.05, 0.1) is 0 Å². The first-order chi connectivity index (χ1) is 15.9. The molecule has 0 N–H and O–H groups in total. The van der Waals surface area contributed by atoms with E-state index in [0.717, 1.165) is 76.1 Å². The summed E-state index contributed by atoms with van der Waals surface area (Å²) in [7, 11) is 0. The van der Waals surface area contributed by atoms with Gasteiger partial charge in [-0.3, -0.25) is 4.79 Å². The number of hydrogen-bond acceptors (Lipinski definition) is 4. The Morgan fingerprint density at radius 2 is 1.70 bits per heavy atom. The topological polar surface area (TPSA) is 38.8 Å². The highest BCUT2D eigenvalue weighted by molar-refractivity contribution is 5.88. The van der Waals surface area contributed by atoms with E-state index in [-0.39, 0.29) is 25.2 Å². The largest absolute Gasteiger partial charge is 0.454 e. The summed E-state index contributed by atoms with van der Waals surface area (Å²) < 4.78 is 50.8. The minimum atomic E-state index is -4.36. The van der Waals surface area contributed by atoms with Crippen molar-refractivity contribution in [3.63, 3.8) is 0 Å². The standard InChI is InChI=1S/C26H34F3NO3/c27-26(28,29)25(11-12-25)23(31)16-19-6-4-18(5-7-19)8-13-30-14-9-20(10-15-30)21-2-1-3-22-24(21)33-17-32-22/h1-3,18-20H,4-17H2. The molecular formula is C26H34F3NO3. The Hall–Kier alpha value is -1.76. The maximum absolute atomic E-state index is 13.2. The van der Waals surface area contributed by atoms with Crippen LogP contribution in [0.15, 0.2) is 18.2 Å². The molecule has 5 rings (SSSR count). The lowest BCUT2D eigenvalue weighted by molar-refractivity contribution is -0.191. The molecule has 1 aromatic carbocycles. The smallest absolute Gasteiger partial charge is 0.401 e. The molecule has 0 radical (unpaired) electrons. The molecule has 182 valence electrons. The Balaban J connectivity index is 1.02. The number of carbonyl (C=O) groups excluding carboxylic acids is 1. The van der Waals surface area contributed by atoms with Gasteiger partial charge in [0, 0.05) is 12.0 Å². The highest BCUT2D eigenvalue weighted by Gasteiger charge is 2.67. The number of alkyl halides is 3. The van der Waals surface area contributed by atoms with Crippen LogP contribution in [0.3, 0.4) is 0 Å². The lowest BCUT2D eigenvalue weighted by Crippen LogP contribution is -2.35. The molecule has 2 aliphatic carbocycles. The number of nitrogens with zero attached hydrogens (tertiary/aromatic N) is 1. The van der Waals surface area contributed by atoms with E-state index in [1.807, 2.05) is 12.1 Å². The second-order valence-corrected chi connectivity index (χ2v) is 10.6. The van der Waals surface area contributed by atoms with E-state index < -0.39 is 17.4 Å². The molecule has 2 saturated carbocycles. The molecule has 7 heteroatoms. The summed E-state index contributed by atoms with van der Waals surface area (Å²) in [6.07, 6.45) is 3.02. The number of rotatable bonds is 7. The summed E-state index contributed by atoms with van der Waals surface area (Å²) >= 11 is 0. The van der Waals surface area contributed by atoms with Crippen molar-refractivity contribution in [3.05, 3.63) is 23.8 Å². The summed E-state index contributed by atoms with van der Waals surface area (Å²) in [4.78, 5) is 14.9. The second kappa shape index (κ2) is 9.12. The molecule has 0 spiro atoms. The summed E-state index contributed by atoms with van der Waals surface area (Å²) in [5.74, 6) is 2.52. The number of benzene rings is 1. The number of Topliss-reactive ketones (excluding diaryl/α,β-unsaturated/α-hetero) is 1. The number of ether oxygens (including phenoxy) is 2. The second-order valence-electron chi connectivity index (χ2n) is 10.6. The highest BCUT2D eigenvalue weighted by Crippen LogP contribution is 2.59.